The molecule has 1 heterocycles. The van der Waals surface area contributed by atoms with Gasteiger partial charge in [-0.1, -0.05) is 0 Å². The molecule has 5 heteroatoms. The van der Waals surface area contributed by atoms with Crippen LogP contribution in [0.15, 0.2) is 0 Å². The van der Waals surface area contributed by atoms with Crippen LogP contribution in [0, 0.1) is 10.1 Å². The zero-order chi connectivity index (χ0) is 8.15. The van der Waals surface area contributed by atoms with Gasteiger partial charge in [-0.25, -0.2) is 0 Å². The van der Waals surface area contributed by atoms with E-state index in [9.17, 15) is 10.1 Å². The maximum atomic E-state index is 10.8. The smallest absolute Gasteiger partial charge is 0.318 e. The number of nitrogens with zero attached hydrogens (tertiary/aromatic N) is 2. The lowest BCUT2D eigenvalue weighted by molar-refractivity contribution is -0.825. The third-order valence-electron chi connectivity index (χ3n) is 2.12. The summed E-state index contributed by atoms with van der Waals surface area (Å²) in [6.07, 6.45) is 0. The van der Waals surface area contributed by atoms with Gasteiger partial charge in [0.2, 0.25) is 0 Å². The van der Waals surface area contributed by atoms with Crippen LogP contribution in [0.25, 0.3) is 0 Å². The minimum atomic E-state index is -0.748. The average Bonchev–Trinajstić information content (AvgIpc) is 1.84. The highest BCUT2D eigenvalue weighted by Crippen LogP contribution is 2.45. The van der Waals surface area contributed by atoms with Gasteiger partial charge in [0.1, 0.15) is 4.87 Å². The molecule has 4 nitrogen and oxygen atoms in total. The zero-order valence-corrected chi connectivity index (χ0v) is 7.67. The molecule has 0 radical (unpaired) electrons. The summed E-state index contributed by atoms with van der Waals surface area (Å²) < 4.78 is -0.748. The molecule has 0 spiro atoms. The molecule has 0 unspecified atom stereocenters. The largest absolute Gasteiger partial charge is 0.703 e. The molecule has 1 saturated heterocycles. The van der Waals surface area contributed by atoms with E-state index in [1.807, 2.05) is 0 Å². The first-order valence-corrected chi connectivity index (χ1v) is 3.74. The van der Waals surface area contributed by atoms with Gasteiger partial charge < -0.3 is 5.21 Å². The van der Waals surface area contributed by atoms with Crippen molar-refractivity contribution in [2.75, 3.05) is 0 Å². The summed E-state index contributed by atoms with van der Waals surface area (Å²) in [5, 5.41) is 11.2. The van der Waals surface area contributed by atoms with Crippen LogP contribution in [0.1, 0.15) is 20.8 Å². The van der Waals surface area contributed by atoms with Gasteiger partial charge in [-0.05, 0) is 13.8 Å². The first-order chi connectivity index (χ1) is 4.32. The SMILES string of the molecule is CC1(C)N([O-])[N+](=O)[C@@]1(C)Br. The molecular weight excluding hydrogens is 200 g/mol. The first-order valence-electron chi connectivity index (χ1n) is 2.95. The van der Waals surface area contributed by atoms with Gasteiger partial charge in [0.15, 0.2) is 5.54 Å². The van der Waals surface area contributed by atoms with Gasteiger partial charge in [-0.15, -0.1) is 0 Å². The number of hydrogen-bond donors (Lipinski definition) is 0. The van der Waals surface area contributed by atoms with Crippen LogP contribution >= 0.6 is 15.9 Å². The van der Waals surface area contributed by atoms with Crippen molar-refractivity contribution >= 4 is 15.9 Å². The molecule has 0 amide bonds. The van der Waals surface area contributed by atoms with E-state index < -0.39 is 9.99 Å². The normalized spacial score (nSPS) is 37.7. The van der Waals surface area contributed by atoms with Crippen LogP contribution in [0.3, 0.4) is 0 Å². The second-order valence-corrected chi connectivity index (χ2v) is 4.60. The Morgan fingerprint density at radius 1 is 1.50 bits per heavy atom. The van der Waals surface area contributed by atoms with E-state index in [1.54, 1.807) is 20.8 Å². The Bertz CT molecular complexity index is 190. The summed E-state index contributed by atoms with van der Waals surface area (Å²) in [6.45, 7) is 5.10. The van der Waals surface area contributed by atoms with Crippen LogP contribution < -0.4 is 0 Å². The van der Waals surface area contributed by atoms with Crippen LogP contribution in [0.4, 0.5) is 0 Å². The average molecular weight is 209 g/mol. The highest BCUT2D eigenvalue weighted by Gasteiger charge is 2.68. The summed E-state index contributed by atoms with van der Waals surface area (Å²) in [4.78, 5) is 11.2. The summed E-state index contributed by atoms with van der Waals surface area (Å²) in [7, 11) is 0. The fourth-order valence-electron chi connectivity index (χ4n) is 0.762. The molecule has 58 valence electrons. The lowest BCUT2D eigenvalue weighted by Crippen LogP contribution is -2.74. The van der Waals surface area contributed by atoms with Crippen molar-refractivity contribution in [1.29, 1.82) is 0 Å². The van der Waals surface area contributed by atoms with Gasteiger partial charge >= 0.3 is 4.45 Å². The summed E-state index contributed by atoms with van der Waals surface area (Å²) >= 11 is 3.16. The lowest BCUT2D eigenvalue weighted by atomic mass is 9.92. The number of alkyl halides is 1. The highest BCUT2D eigenvalue weighted by atomic mass is 79.9. The molecule has 1 fully saturated rings. The third-order valence-corrected chi connectivity index (χ3v) is 3.39. The minimum absolute atomic E-state index is 0.382. The highest BCUT2D eigenvalue weighted by molar-refractivity contribution is 9.10. The molecule has 1 atom stereocenters. The Balaban J connectivity index is 2.92. The van der Waals surface area contributed by atoms with Crippen LogP contribution in [-0.4, -0.2) is 20.0 Å². The molecule has 0 bridgehead atoms. The van der Waals surface area contributed by atoms with Crippen LogP contribution in [0.5, 0.6) is 0 Å². The molecule has 10 heavy (non-hydrogen) atoms. The molecule has 1 aliphatic rings. The number of halogens is 1. The number of nitroso groups, excluding NO2 is 1. The van der Waals surface area contributed by atoms with E-state index in [2.05, 4.69) is 15.9 Å². The monoisotopic (exact) mass is 208 g/mol. The van der Waals surface area contributed by atoms with Crippen molar-refractivity contribution in [2.24, 2.45) is 0 Å². The predicted molar refractivity (Wildman–Crippen MR) is 40.2 cm³/mol. The van der Waals surface area contributed by atoms with Gasteiger partial charge in [0, 0.05) is 22.9 Å². The standard InChI is InChI=1S/C5H9BrN2O2/c1-4(2)5(3,6)8(10)7(4)9/h1-3H3/t5-/m1/s1. The van der Waals surface area contributed by atoms with E-state index in [1.165, 1.54) is 0 Å². The van der Waals surface area contributed by atoms with E-state index >= 15 is 0 Å². The molecule has 0 aromatic rings. The van der Waals surface area contributed by atoms with Crippen molar-refractivity contribution in [3.8, 4) is 0 Å². The van der Waals surface area contributed by atoms with E-state index in [0.717, 1.165) is 0 Å². The van der Waals surface area contributed by atoms with Crippen LogP contribution in [-0.2, 0) is 0 Å². The zero-order valence-electron chi connectivity index (χ0n) is 6.09. The number of hydroxylamine groups is 1. The van der Waals surface area contributed by atoms with E-state index in [-0.39, 0.29) is 0 Å². The third kappa shape index (κ3) is 0.594. The van der Waals surface area contributed by atoms with Crippen LogP contribution in [0.2, 0.25) is 0 Å². The summed E-state index contributed by atoms with van der Waals surface area (Å²) in [6, 6.07) is 0. The second-order valence-electron chi connectivity index (χ2n) is 3.06. The van der Waals surface area contributed by atoms with Crippen molar-refractivity contribution in [1.82, 2.24) is 5.17 Å². The van der Waals surface area contributed by atoms with Crippen molar-refractivity contribution in [3.63, 3.8) is 0 Å². The molecule has 0 aromatic heterocycles. The summed E-state index contributed by atoms with van der Waals surface area (Å²) in [5.74, 6) is 0. The Morgan fingerprint density at radius 2 is 1.90 bits per heavy atom. The van der Waals surface area contributed by atoms with Crippen molar-refractivity contribution < 1.29 is 4.87 Å². The Hall–Kier alpha value is -0.160. The molecule has 0 aliphatic carbocycles. The fourth-order valence-corrected chi connectivity index (χ4v) is 1.06. The minimum Gasteiger partial charge on any atom is -0.703 e. The predicted octanol–water partition coefficient (Wildman–Crippen LogP) is 1.38. The quantitative estimate of drug-likeness (QED) is 0.344. The van der Waals surface area contributed by atoms with Gasteiger partial charge in [0.05, 0.1) is 4.91 Å². The Morgan fingerprint density at radius 3 is 2.00 bits per heavy atom. The molecule has 0 N–H and O–H groups in total. The number of hydrazine groups is 1. The Labute approximate surface area is 67.4 Å². The Kier molecular flexibility index (Phi) is 1.36. The van der Waals surface area contributed by atoms with Gasteiger partial charge in [0.25, 0.3) is 0 Å². The maximum Gasteiger partial charge on any atom is 0.318 e. The molecular formula is C5H9BrN2O2. The van der Waals surface area contributed by atoms with Crippen molar-refractivity contribution in [2.45, 2.75) is 30.8 Å². The fraction of sp³-hybridized carbons (Fsp3) is 1.00. The number of hydrogen-bond acceptors (Lipinski definition) is 2. The van der Waals surface area contributed by atoms with Crippen molar-refractivity contribution in [3.05, 3.63) is 10.1 Å². The van der Waals surface area contributed by atoms with Gasteiger partial charge in [-0.2, -0.15) is 5.17 Å². The maximum absolute atomic E-state index is 10.8. The lowest BCUT2D eigenvalue weighted by Gasteiger charge is -2.50. The summed E-state index contributed by atoms with van der Waals surface area (Å²) in [5.41, 5.74) is -0.644. The molecule has 1 rings (SSSR count). The molecule has 0 aromatic carbocycles. The first kappa shape index (κ1) is 7.94. The van der Waals surface area contributed by atoms with E-state index in [4.69, 9.17) is 0 Å². The topological polar surface area (TPSA) is 46.4 Å². The molecule has 1 aliphatic heterocycles. The number of rotatable bonds is 0. The molecule has 0 saturated carbocycles. The second kappa shape index (κ2) is 1.71. The van der Waals surface area contributed by atoms with E-state index in [0.29, 0.717) is 10.0 Å². The van der Waals surface area contributed by atoms with Gasteiger partial charge in [-0.3, -0.25) is 0 Å².